The van der Waals surface area contributed by atoms with Crippen molar-refractivity contribution in [2.45, 2.75) is 52.4 Å². The Morgan fingerprint density at radius 3 is 2.53 bits per heavy atom. The molecule has 0 aliphatic carbocycles. The highest BCUT2D eigenvalue weighted by atomic mass is 16.4. The molecule has 0 rings (SSSR count). The number of rotatable bonds is 8. The van der Waals surface area contributed by atoms with Crippen LogP contribution in [0.25, 0.3) is 0 Å². The van der Waals surface area contributed by atoms with E-state index in [0.717, 1.165) is 12.8 Å². The van der Waals surface area contributed by atoms with Gasteiger partial charge in [0.25, 0.3) is 0 Å². The van der Waals surface area contributed by atoms with E-state index in [9.17, 15) is 4.79 Å². The van der Waals surface area contributed by atoms with Gasteiger partial charge in [-0.1, -0.05) is 44.4 Å². The number of hydrogen-bond donors (Lipinski definition) is 1. The van der Waals surface area contributed by atoms with Crippen LogP contribution in [0.4, 0.5) is 0 Å². The van der Waals surface area contributed by atoms with Gasteiger partial charge in [-0.3, -0.25) is 0 Å². The van der Waals surface area contributed by atoms with E-state index in [-0.39, 0.29) is 0 Å². The van der Waals surface area contributed by atoms with E-state index in [0.29, 0.717) is 5.57 Å². The molecule has 0 saturated carbocycles. The predicted octanol–water partition coefficient (Wildman–Crippen LogP) is 3.93. The molecule has 0 spiro atoms. The third-order valence-corrected chi connectivity index (χ3v) is 2.29. The minimum Gasteiger partial charge on any atom is -0.478 e. The molecule has 1 N–H and O–H groups in total. The number of aliphatic carboxylic acids is 1. The van der Waals surface area contributed by atoms with Crippen LogP contribution in [0.5, 0.6) is 0 Å². The van der Waals surface area contributed by atoms with E-state index in [1.807, 2.05) is 6.08 Å². The first-order chi connectivity index (χ1) is 7.18. The second kappa shape index (κ2) is 9.50. The Kier molecular flexibility index (Phi) is 8.84. The lowest BCUT2D eigenvalue weighted by atomic mass is 10.1. The van der Waals surface area contributed by atoms with Crippen LogP contribution in [-0.2, 0) is 4.79 Å². The number of unbranched alkanes of at least 4 members (excludes halogenated alkanes) is 4. The van der Waals surface area contributed by atoms with Crippen molar-refractivity contribution in [2.24, 2.45) is 0 Å². The van der Waals surface area contributed by atoms with E-state index in [1.165, 1.54) is 25.7 Å². The Hall–Kier alpha value is -1.05. The number of hydrogen-bond acceptors (Lipinski definition) is 1. The molecule has 2 heteroatoms. The van der Waals surface area contributed by atoms with E-state index in [2.05, 4.69) is 13.0 Å². The summed E-state index contributed by atoms with van der Waals surface area (Å²) >= 11 is 0. The van der Waals surface area contributed by atoms with Crippen molar-refractivity contribution in [3.8, 4) is 0 Å². The summed E-state index contributed by atoms with van der Waals surface area (Å²) < 4.78 is 0. The number of carboxylic acids is 1. The molecule has 0 aromatic rings. The summed E-state index contributed by atoms with van der Waals surface area (Å²) in [5.74, 6) is -0.827. The maximum absolute atomic E-state index is 10.4. The maximum Gasteiger partial charge on any atom is 0.330 e. The van der Waals surface area contributed by atoms with Gasteiger partial charge in [0, 0.05) is 5.57 Å². The van der Waals surface area contributed by atoms with E-state index in [1.54, 1.807) is 13.0 Å². The number of carbonyl (C=O) groups is 1. The first-order valence-corrected chi connectivity index (χ1v) is 5.73. The fourth-order valence-corrected chi connectivity index (χ4v) is 1.24. The van der Waals surface area contributed by atoms with Gasteiger partial charge >= 0.3 is 5.97 Å². The van der Waals surface area contributed by atoms with Gasteiger partial charge < -0.3 is 5.11 Å². The average molecular weight is 210 g/mol. The molecule has 2 nitrogen and oxygen atoms in total. The molecule has 0 bridgehead atoms. The van der Waals surface area contributed by atoms with Crippen LogP contribution in [0, 0.1) is 0 Å². The molecule has 15 heavy (non-hydrogen) atoms. The van der Waals surface area contributed by atoms with Gasteiger partial charge in [0.05, 0.1) is 0 Å². The van der Waals surface area contributed by atoms with E-state index < -0.39 is 5.97 Å². The second-order valence-corrected chi connectivity index (χ2v) is 3.75. The van der Waals surface area contributed by atoms with Crippen molar-refractivity contribution in [3.05, 3.63) is 23.8 Å². The van der Waals surface area contributed by atoms with Crippen LogP contribution in [-0.4, -0.2) is 11.1 Å². The summed E-state index contributed by atoms with van der Waals surface area (Å²) in [4.78, 5) is 10.4. The third kappa shape index (κ3) is 9.26. The highest BCUT2D eigenvalue weighted by Crippen LogP contribution is 2.03. The monoisotopic (exact) mass is 210 g/mol. The molecule has 0 aromatic carbocycles. The van der Waals surface area contributed by atoms with Crippen molar-refractivity contribution in [1.29, 1.82) is 0 Å². The zero-order chi connectivity index (χ0) is 11.5. The summed E-state index contributed by atoms with van der Waals surface area (Å²) in [6, 6.07) is 0. The molecule has 0 radical (unpaired) electrons. The van der Waals surface area contributed by atoms with Crippen LogP contribution >= 0.6 is 0 Å². The van der Waals surface area contributed by atoms with Gasteiger partial charge in [-0.15, -0.1) is 0 Å². The first-order valence-electron chi connectivity index (χ1n) is 5.73. The smallest absolute Gasteiger partial charge is 0.330 e. The van der Waals surface area contributed by atoms with Crippen LogP contribution in [0.3, 0.4) is 0 Å². The highest BCUT2D eigenvalue weighted by Gasteiger charge is 1.95. The first kappa shape index (κ1) is 13.9. The molecule has 0 amide bonds. The van der Waals surface area contributed by atoms with Crippen molar-refractivity contribution < 1.29 is 9.90 Å². The number of allylic oxidation sites excluding steroid dienone is 3. The molecule has 0 fully saturated rings. The molecule has 0 atom stereocenters. The lowest BCUT2D eigenvalue weighted by molar-refractivity contribution is -0.132. The molecule has 0 unspecified atom stereocenters. The van der Waals surface area contributed by atoms with E-state index >= 15 is 0 Å². The zero-order valence-electron chi connectivity index (χ0n) is 9.83. The van der Waals surface area contributed by atoms with Gasteiger partial charge in [0.2, 0.25) is 0 Å². The van der Waals surface area contributed by atoms with Gasteiger partial charge in [0.1, 0.15) is 0 Å². The quantitative estimate of drug-likeness (QED) is 0.374. The van der Waals surface area contributed by atoms with Gasteiger partial charge in [-0.05, 0) is 26.2 Å². The van der Waals surface area contributed by atoms with Crippen LogP contribution in [0.2, 0.25) is 0 Å². The summed E-state index contributed by atoms with van der Waals surface area (Å²) in [6.45, 7) is 3.83. The Labute approximate surface area is 92.7 Å². The van der Waals surface area contributed by atoms with Crippen molar-refractivity contribution >= 4 is 5.97 Å². The maximum atomic E-state index is 10.4. The lowest BCUT2D eigenvalue weighted by Gasteiger charge is -1.94. The van der Waals surface area contributed by atoms with Crippen molar-refractivity contribution in [1.82, 2.24) is 0 Å². The van der Waals surface area contributed by atoms with Gasteiger partial charge in [-0.25, -0.2) is 4.79 Å². The van der Waals surface area contributed by atoms with Crippen LogP contribution in [0.15, 0.2) is 23.8 Å². The summed E-state index contributed by atoms with van der Waals surface area (Å²) in [5.41, 5.74) is 0.422. The lowest BCUT2D eigenvalue weighted by Crippen LogP contribution is -1.94. The fraction of sp³-hybridized carbons (Fsp3) is 0.615. The highest BCUT2D eigenvalue weighted by molar-refractivity contribution is 5.85. The molecular weight excluding hydrogens is 188 g/mol. The Bertz CT molecular complexity index is 227. The summed E-state index contributed by atoms with van der Waals surface area (Å²) in [6.07, 6.45) is 12.9. The third-order valence-electron chi connectivity index (χ3n) is 2.29. The Morgan fingerprint density at radius 2 is 1.93 bits per heavy atom. The molecule has 0 heterocycles. The van der Waals surface area contributed by atoms with Crippen molar-refractivity contribution in [3.63, 3.8) is 0 Å². The fourth-order valence-electron chi connectivity index (χ4n) is 1.24. The molecular formula is C13H22O2. The summed E-state index contributed by atoms with van der Waals surface area (Å²) in [7, 11) is 0. The molecule has 0 aliphatic rings. The molecule has 0 aliphatic heterocycles. The van der Waals surface area contributed by atoms with Crippen LogP contribution in [0.1, 0.15) is 52.4 Å². The standard InChI is InChI=1S/C13H22O2/c1-3-4-5-6-7-8-9-10-11-12(2)13(14)15/h8-9,11H,3-7,10H2,1-2H3,(H,14,15)/b9-8+,12-11+. The van der Waals surface area contributed by atoms with E-state index in [4.69, 9.17) is 5.11 Å². The summed E-state index contributed by atoms with van der Waals surface area (Å²) in [5, 5.41) is 8.59. The predicted molar refractivity (Wildman–Crippen MR) is 63.9 cm³/mol. The molecule has 0 aromatic heterocycles. The van der Waals surface area contributed by atoms with Gasteiger partial charge in [-0.2, -0.15) is 0 Å². The SMILES string of the molecule is CCCCCC/C=C/C/C=C(\C)C(=O)O. The molecule has 0 saturated heterocycles. The normalized spacial score (nSPS) is 12.3. The Morgan fingerprint density at radius 1 is 1.20 bits per heavy atom. The largest absolute Gasteiger partial charge is 0.478 e. The topological polar surface area (TPSA) is 37.3 Å². The van der Waals surface area contributed by atoms with Crippen LogP contribution < -0.4 is 0 Å². The second-order valence-electron chi connectivity index (χ2n) is 3.75. The van der Waals surface area contributed by atoms with Crippen molar-refractivity contribution in [2.75, 3.05) is 0 Å². The van der Waals surface area contributed by atoms with Gasteiger partial charge in [0.15, 0.2) is 0 Å². The minimum atomic E-state index is -0.827. The Balaban J connectivity index is 3.47. The molecule has 86 valence electrons. The average Bonchev–Trinajstić information content (AvgIpc) is 2.21. The zero-order valence-corrected chi connectivity index (χ0v) is 9.83. The minimum absolute atomic E-state index is 0.422. The number of carboxylic acid groups (broad SMARTS) is 1.